The molecule has 0 spiro atoms. The maximum absolute atomic E-state index is 11.4. The minimum atomic E-state index is -0.926. The number of carbonyl (C=O) groups is 2. The second kappa shape index (κ2) is 10.4. The average molecular weight is 262 g/mol. The summed E-state index contributed by atoms with van der Waals surface area (Å²) in [4.78, 5) is 21.7. The fourth-order valence-corrected chi connectivity index (χ4v) is 1.79. The van der Waals surface area contributed by atoms with Crippen LogP contribution in [-0.4, -0.2) is 41.6 Å². The van der Waals surface area contributed by atoms with Gasteiger partial charge >= 0.3 is 5.97 Å². The van der Waals surface area contributed by atoms with E-state index in [0.29, 0.717) is 6.54 Å². The van der Waals surface area contributed by atoms with Crippen molar-refractivity contribution >= 4 is 23.6 Å². The van der Waals surface area contributed by atoms with E-state index in [4.69, 9.17) is 10.8 Å². The summed E-state index contributed by atoms with van der Waals surface area (Å²) in [6.07, 6.45) is 5.38. The van der Waals surface area contributed by atoms with Gasteiger partial charge in [0.25, 0.3) is 0 Å². The minimum absolute atomic E-state index is 0.0672. The normalized spacial score (nSPS) is 12.1. The molecule has 0 fully saturated rings. The van der Waals surface area contributed by atoms with E-state index in [2.05, 4.69) is 11.6 Å². The van der Waals surface area contributed by atoms with E-state index in [1.165, 1.54) is 0 Å². The smallest absolute Gasteiger partial charge is 0.303 e. The van der Waals surface area contributed by atoms with Crippen LogP contribution >= 0.6 is 11.8 Å². The molecular weight excluding hydrogens is 240 g/mol. The first kappa shape index (κ1) is 16.2. The number of nitrogens with two attached hydrogens (primary N) is 1. The molecular formula is C11H22N2O3S. The number of thioether (sulfide) groups is 1. The summed E-state index contributed by atoms with van der Waals surface area (Å²) >= 11 is 1.82. The number of rotatable bonds is 10. The molecule has 0 radical (unpaired) electrons. The van der Waals surface area contributed by atoms with Crippen LogP contribution in [0.3, 0.4) is 0 Å². The summed E-state index contributed by atoms with van der Waals surface area (Å²) in [5.41, 5.74) is 5.55. The van der Waals surface area contributed by atoms with Crippen LogP contribution in [0.25, 0.3) is 0 Å². The highest BCUT2D eigenvalue weighted by Crippen LogP contribution is 2.01. The highest BCUT2D eigenvalue weighted by molar-refractivity contribution is 7.98. The van der Waals surface area contributed by atoms with Crippen LogP contribution in [0.5, 0.6) is 0 Å². The van der Waals surface area contributed by atoms with E-state index >= 15 is 0 Å². The third-order valence-electron chi connectivity index (χ3n) is 2.33. The van der Waals surface area contributed by atoms with Crippen LogP contribution in [0.1, 0.15) is 32.1 Å². The Morgan fingerprint density at radius 2 is 2.06 bits per heavy atom. The quantitative estimate of drug-likeness (QED) is 0.507. The third kappa shape index (κ3) is 10.1. The van der Waals surface area contributed by atoms with Crippen LogP contribution in [0, 0.1) is 0 Å². The summed E-state index contributed by atoms with van der Waals surface area (Å²) in [7, 11) is 0. The van der Waals surface area contributed by atoms with E-state index in [1.54, 1.807) is 0 Å². The van der Waals surface area contributed by atoms with Crippen LogP contribution < -0.4 is 11.1 Å². The lowest BCUT2D eigenvalue weighted by molar-refractivity contribution is -0.137. The van der Waals surface area contributed by atoms with E-state index < -0.39 is 12.0 Å². The monoisotopic (exact) mass is 262 g/mol. The lowest BCUT2D eigenvalue weighted by Gasteiger charge is -2.10. The first-order valence-electron chi connectivity index (χ1n) is 5.82. The fraction of sp³-hybridized carbons (Fsp3) is 0.818. The molecule has 1 unspecified atom stereocenters. The molecule has 0 aliphatic carbocycles. The van der Waals surface area contributed by atoms with Gasteiger partial charge in [-0.2, -0.15) is 11.8 Å². The van der Waals surface area contributed by atoms with Crippen molar-refractivity contribution in [3.05, 3.63) is 0 Å². The maximum Gasteiger partial charge on any atom is 0.303 e. The maximum atomic E-state index is 11.4. The van der Waals surface area contributed by atoms with Crippen molar-refractivity contribution in [1.29, 1.82) is 0 Å². The number of carboxylic acids is 1. The van der Waals surface area contributed by atoms with Gasteiger partial charge in [-0.15, -0.1) is 0 Å². The molecule has 0 saturated carbocycles. The van der Waals surface area contributed by atoms with Crippen molar-refractivity contribution in [3.63, 3.8) is 0 Å². The molecule has 0 aliphatic rings. The molecule has 0 saturated heterocycles. The topological polar surface area (TPSA) is 92.4 Å². The molecule has 0 aromatic rings. The number of carboxylic acid groups (broad SMARTS) is 1. The van der Waals surface area contributed by atoms with E-state index in [-0.39, 0.29) is 18.7 Å². The van der Waals surface area contributed by atoms with Crippen molar-refractivity contribution < 1.29 is 14.7 Å². The standard InChI is InChI=1S/C11H22N2O3S/c1-17-8-4-2-3-7-13-11(16)9(12)5-6-10(14)15/h9H,2-8,12H2,1H3,(H,13,16)(H,14,15). The highest BCUT2D eigenvalue weighted by Gasteiger charge is 2.13. The van der Waals surface area contributed by atoms with E-state index in [0.717, 1.165) is 25.0 Å². The Labute approximate surface area is 107 Å². The van der Waals surface area contributed by atoms with Gasteiger partial charge in [0.05, 0.1) is 6.04 Å². The van der Waals surface area contributed by atoms with Gasteiger partial charge in [-0.25, -0.2) is 0 Å². The summed E-state index contributed by atoms with van der Waals surface area (Å²) in [5, 5.41) is 11.2. The third-order valence-corrected chi connectivity index (χ3v) is 3.03. The number of nitrogens with one attached hydrogen (secondary N) is 1. The predicted molar refractivity (Wildman–Crippen MR) is 70.1 cm³/mol. The Morgan fingerprint density at radius 3 is 2.65 bits per heavy atom. The molecule has 4 N–H and O–H groups in total. The molecule has 1 atom stereocenters. The van der Waals surface area contributed by atoms with E-state index in [9.17, 15) is 9.59 Å². The molecule has 0 aromatic carbocycles. The van der Waals surface area contributed by atoms with E-state index in [1.807, 2.05) is 11.8 Å². The molecule has 0 aromatic heterocycles. The van der Waals surface area contributed by atoms with Gasteiger partial charge in [-0.3, -0.25) is 9.59 Å². The van der Waals surface area contributed by atoms with Crippen LogP contribution in [0.2, 0.25) is 0 Å². The van der Waals surface area contributed by atoms with Gasteiger partial charge < -0.3 is 16.2 Å². The number of hydrogen-bond donors (Lipinski definition) is 3. The fourth-order valence-electron chi connectivity index (χ4n) is 1.30. The molecule has 5 nitrogen and oxygen atoms in total. The molecule has 1 amide bonds. The Morgan fingerprint density at radius 1 is 1.35 bits per heavy atom. The van der Waals surface area contributed by atoms with Gasteiger partial charge in [0.15, 0.2) is 0 Å². The molecule has 0 rings (SSSR count). The van der Waals surface area contributed by atoms with Crippen LogP contribution in [0.4, 0.5) is 0 Å². The molecule has 0 aliphatic heterocycles. The van der Waals surface area contributed by atoms with Crippen LogP contribution in [0.15, 0.2) is 0 Å². The van der Waals surface area contributed by atoms with Crippen molar-refractivity contribution in [2.45, 2.75) is 38.1 Å². The number of unbranched alkanes of at least 4 members (excludes halogenated alkanes) is 2. The minimum Gasteiger partial charge on any atom is -0.481 e. The molecule has 0 bridgehead atoms. The Bertz CT molecular complexity index is 237. The van der Waals surface area contributed by atoms with Gasteiger partial charge in [-0.05, 0) is 31.3 Å². The SMILES string of the molecule is CSCCCCCNC(=O)C(N)CCC(=O)O. The first-order chi connectivity index (χ1) is 8.07. The van der Waals surface area contributed by atoms with Gasteiger partial charge in [0, 0.05) is 13.0 Å². The largest absolute Gasteiger partial charge is 0.481 e. The van der Waals surface area contributed by atoms with Crippen molar-refractivity contribution in [1.82, 2.24) is 5.32 Å². The number of amides is 1. The van der Waals surface area contributed by atoms with Crippen molar-refractivity contribution in [2.24, 2.45) is 5.73 Å². The Balaban J connectivity index is 3.47. The number of carbonyl (C=O) groups excluding carboxylic acids is 1. The summed E-state index contributed by atoms with van der Waals surface area (Å²) in [6, 6.07) is -0.711. The lowest BCUT2D eigenvalue weighted by Crippen LogP contribution is -2.41. The molecule has 6 heteroatoms. The van der Waals surface area contributed by atoms with Gasteiger partial charge in [0.1, 0.15) is 0 Å². The zero-order chi connectivity index (χ0) is 13.1. The predicted octanol–water partition coefficient (Wildman–Crippen LogP) is 0.828. The summed E-state index contributed by atoms with van der Waals surface area (Å²) < 4.78 is 0. The Kier molecular flexibility index (Phi) is 9.95. The first-order valence-corrected chi connectivity index (χ1v) is 7.21. The summed E-state index contributed by atoms with van der Waals surface area (Å²) in [6.45, 7) is 0.619. The van der Waals surface area contributed by atoms with Crippen molar-refractivity contribution in [2.75, 3.05) is 18.6 Å². The van der Waals surface area contributed by atoms with Gasteiger partial charge in [-0.1, -0.05) is 6.42 Å². The Hall–Kier alpha value is -0.750. The second-order valence-corrected chi connectivity index (χ2v) is 4.87. The average Bonchev–Trinajstić information content (AvgIpc) is 2.30. The van der Waals surface area contributed by atoms with Crippen molar-refractivity contribution in [3.8, 4) is 0 Å². The molecule has 17 heavy (non-hydrogen) atoms. The molecule has 100 valence electrons. The number of aliphatic carboxylic acids is 1. The van der Waals surface area contributed by atoms with Crippen LogP contribution in [-0.2, 0) is 9.59 Å². The summed E-state index contributed by atoms with van der Waals surface area (Å²) in [5.74, 6) is -0.0343. The lowest BCUT2D eigenvalue weighted by atomic mass is 10.1. The zero-order valence-corrected chi connectivity index (χ0v) is 11.1. The highest BCUT2D eigenvalue weighted by atomic mass is 32.2. The number of hydrogen-bond acceptors (Lipinski definition) is 4. The second-order valence-electron chi connectivity index (χ2n) is 3.88. The molecule has 0 heterocycles. The zero-order valence-electron chi connectivity index (χ0n) is 10.3. The van der Waals surface area contributed by atoms with Gasteiger partial charge in [0.2, 0.25) is 5.91 Å².